The summed E-state index contributed by atoms with van der Waals surface area (Å²) in [4.78, 5) is 30.0. The Balaban J connectivity index is 1.85. The van der Waals surface area contributed by atoms with Gasteiger partial charge in [0.15, 0.2) is 0 Å². The lowest BCUT2D eigenvalue weighted by Gasteiger charge is -2.32. The molecule has 1 fully saturated rings. The molecule has 0 aliphatic carbocycles. The van der Waals surface area contributed by atoms with Gasteiger partial charge in [-0.3, -0.25) is 14.2 Å². The molecule has 1 aromatic carbocycles. The molecular weight excluding hydrogens is 395 g/mol. The van der Waals surface area contributed by atoms with E-state index >= 15 is 0 Å². The number of nitrogens with two attached hydrogens (primary N) is 1. The molecule has 8 nitrogen and oxygen atoms in total. The van der Waals surface area contributed by atoms with Crippen LogP contribution in [0, 0.1) is 5.92 Å². The number of benzene rings is 1. The summed E-state index contributed by atoms with van der Waals surface area (Å²) in [6.07, 6.45) is 1.32. The second-order valence-corrected chi connectivity index (χ2v) is 9.26. The Morgan fingerprint density at radius 2 is 1.74 bits per heavy atom. The fraction of sp³-hybridized carbons (Fsp3) is 0.500. The van der Waals surface area contributed by atoms with Gasteiger partial charge in [0.25, 0.3) is 5.56 Å². The Morgan fingerprint density at radius 1 is 1.16 bits per heavy atom. The maximum Gasteiger partial charge on any atom is 0.482 e. The first-order valence-corrected chi connectivity index (χ1v) is 10.5. The van der Waals surface area contributed by atoms with Crippen LogP contribution >= 0.6 is 0 Å². The number of rotatable bonds is 6. The van der Waals surface area contributed by atoms with E-state index in [2.05, 4.69) is 10.3 Å². The monoisotopic (exact) mass is 426 g/mol. The quantitative estimate of drug-likeness (QED) is 0.686. The summed E-state index contributed by atoms with van der Waals surface area (Å²) in [5.41, 5.74) is 5.01. The molecule has 1 atom stereocenters. The van der Waals surface area contributed by atoms with Gasteiger partial charge in [-0.05, 0) is 33.6 Å². The minimum atomic E-state index is -0.599. The van der Waals surface area contributed by atoms with Gasteiger partial charge in [0.2, 0.25) is 5.91 Å². The topological polar surface area (TPSA) is 108 Å². The first kappa shape index (κ1) is 23.0. The highest BCUT2D eigenvalue weighted by Crippen LogP contribution is 2.38. The van der Waals surface area contributed by atoms with Gasteiger partial charge in [-0.1, -0.05) is 44.2 Å². The van der Waals surface area contributed by atoms with Crippen molar-refractivity contribution in [3.05, 3.63) is 46.9 Å². The van der Waals surface area contributed by atoms with E-state index in [0.717, 1.165) is 5.56 Å². The molecule has 3 N–H and O–H groups in total. The van der Waals surface area contributed by atoms with Gasteiger partial charge in [0.1, 0.15) is 18.1 Å². The van der Waals surface area contributed by atoms with Crippen molar-refractivity contribution in [2.75, 3.05) is 5.73 Å². The van der Waals surface area contributed by atoms with Crippen LogP contribution in [-0.2, 0) is 20.6 Å². The maximum absolute atomic E-state index is 13.0. The van der Waals surface area contributed by atoms with Gasteiger partial charge in [-0.15, -0.1) is 0 Å². The molecule has 31 heavy (non-hydrogen) atoms. The highest BCUT2D eigenvalue weighted by Gasteiger charge is 2.54. The molecule has 1 saturated heterocycles. The molecule has 3 rings (SSSR count). The smallest absolute Gasteiger partial charge is 0.402 e. The summed E-state index contributed by atoms with van der Waals surface area (Å²) in [6.45, 7) is 11.6. The lowest BCUT2D eigenvalue weighted by Crippen LogP contribution is -2.52. The van der Waals surface area contributed by atoms with Crippen molar-refractivity contribution in [1.29, 1.82) is 0 Å². The zero-order chi connectivity index (χ0) is 23.0. The number of nitrogens with one attached hydrogen (secondary N) is 1. The molecule has 9 heteroatoms. The predicted molar refractivity (Wildman–Crippen MR) is 121 cm³/mol. The largest absolute Gasteiger partial charge is 0.482 e. The number of carbonyl (C=O) groups is 1. The lowest BCUT2D eigenvalue weighted by molar-refractivity contribution is -0.122. The molecule has 2 aromatic rings. The molecule has 1 aliphatic heterocycles. The van der Waals surface area contributed by atoms with Crippen molar-refractivity contribution in [1.82, 2.24) is 14.9 Å². The SMILES string of the molecule is CC(C)C(NC(=O)Cn1c(-c2ccccc2)ncc(N)c1=O)B1OC(C)(C)C(C)(C)O1. The minimum absolute atomic E-state index is 0.0150. The Labute approximate surface area is 183 Å². The molecule has 1 amide bonds. The number of anilines is 1. The van der Waals surface area contributed by atoms with Crippen molar-refractivity contribution in [3.8, 4) is 11.4 Å². The van der Waals surface area contributed by atoms with Crippen LogP contribution in [0.15, 0.2) is 41.3 Å². The molecule has 0 spiro atoms. The molecule has 166 valence electrons. The minimum Gasteiger partial charge on any atom is -0.402 e. The van der Waals surface area contributed by atoms with E-state index in [9.17, 15) is 9.59 Å². The predicted octanol–water partition coefficient (Wildman–Crippen LogP) is 2.26. The third-order valence-electron chi connectivity index (χ3n) is 6.02. The van der Waals surface area contributed by atoms with Gasteiger partial charge in [0.05, 0.1) is 23.3 Å². The summed E-state index contributed by atoms with van der Waals surface area (Å²) in [6, 6.07) is 9.21. The third kappa shape index (κ3) is 4.67. The fourth-order valence-corrected chi connectivity index (χ4v) is 3.43. The third-order valence-corrected chi connectivity index (χ3v) is 6.02. The molecule has 1 aliphatic rings. The van der Waals surface area contributed by atoms with Crippen LogP contribution in [0.25, 0.3) is 11.4 Å². The van der Waals surface area contributed by atoms with E-state index in [-0.39, 0.29) is 24.1 Å². The number of hydrogen-bond acceptors (Lipinski definition) is 6. The van der Waals surface area contributed by atoms with Crippen molar-refractivity contribution < 1.29 is 14.1 Å². The molecule has 2 heterocycles. The average molecular weight is 426 g/mol. The van der Waals surface area contributed by atoms with Gasteiger partial charge in [-0.2, -0.15) is 0 Å². The van der Waals surface area contributed by atoms with Crippen molar-refractivity contribution in [2.24, 2.45) is 5.92 Å². The summed E-state index contributed by atoms with van der Waals surface area (Å²) in [7, 11) is -0.599. The van der Waals surface area contributed by atoms with E-state index < -0.39 is 29.8 Å². The highest BCUT2D eigenvalue weighted by atomic mass is 16.7. The molecule has 0 bridgehead atoms. The normalized spacial score (nSPS) is 18.2. The molecule has 0 radical (unpaired) electrons. The standard InChI is InChI=1S/C22H31BN4O4/c1-14(2)18(23-30-21(3,4)22(5,6)31-23)26-17(28)13-27-19(15-10-8-7-9-11-15)25-12-16(24)20(27)29/h7-12,14,18H,13,24H2,1-6H3,(H,26,28). The number of hydrogen-bond donors (Lipinski definition) is 2. The number of nitrogens with zero attached hydrogens (tertiary/aromatic N) is 2. The van der Waals surface area contributed by atoms with Gasteiger partial charge >= 0.3 is 7.12 Å². The summed E-state index contributed by atoms with van der Waals surface area (Å²) in [5, 5.41) is 2.99. The van der Waals surface area contributed by atoms with Crippen molar-refractivity contribution >= 4 is 18.7 Å². The number of carbonyl (C=O) groups excluding carboxylic acids is 1. The van der Waals surface area contributed by atoms with Crippen molar-refractivity contribution in [2.45, 2.75) is 65.2 Å². The summed E-state index contributed by atoms with van der Waals surface area (Å²) >= 11 is 0. The second kappa shape index (κ2) is 8.47. The average Bonchev–Trinajstić information content (AvgIpc) is 2.91. The molecule has 0 saturated carbocycles. The van der Waals surface area contributed by atoms with Crippen LogP contribution < -0.4 is 16.6 Å². The van der Waals surface area contributed by atoms with E-state index in [1.807, 2.05) is 71.9 Å². The van der Waals surface area contributed by atoms with E-state index in [1.54, 1.807) is 0 Å². The number of nitrogen functional groups attached to an aromatic ring is 1. The van der Waals surface area contributed by atoms with Gasteiger partial charge in [0, 0.05) is 5.56 Å². The number of aromatic nitrogens is 2. The molecule has 1 unspecified atom stereocenters. The van der Waals surface area contributed by atoms with Crippen LogP contribution in [0.2, 0.25) is 0 Å². The van der Waals surface area contributed by atoms with Crippen LogP contribution in [0.4, 0.5) is 5.69 Å². The molecular formula is C22H31BN4O4. The van der Waals surface area contributed by atoms with Crippen LogP contribution in [-0.4, -0.2) is 39.7 Å². The van der Waals surface area contributed by atoms with Crippen LogP contribution in [0.5, 0.6) is 0 Å². The zero-order valence-corrected chi connectivity index (χ0v) is 19.0. The second-order valence-electron chi connectivity index (χ2n) is 9.26. The fourth-order valence-electron chi connectivity index (χ4n) is 3.43. The number of amides is 1. The lowest BCUT2D eigenvalue weighted by atomic mass is 9.72. The van der Waals surface area contributed by atoms with Gasteiger partial charge < -0.3 is 20.4 Å². The van der Waals surface area contributed by atoms with E-state index in [4.69, 9.17) is 15.0 Å². The summed E-state index contributed by atoms with van der Waals surface area (Å²) in [5.74, 6) is -0.312. The first-order valence-electron chi connectivity index (χ1n) is 10.5. The Bertz CT molecular complexity index is 988. The van der Waals surface area contributed by atoms with E-state index in [1.165, 1.54) is 10.8 Å². The Morgan fingerprint density at radius 3 is 2.29 bits per heavy atom. The Hall–Kier alpha value is -2.65. The van der Waals surface area contributed by atoms with Crippen LogP contribution in [0.3, 0.4) is 0 Å². The van der Waals surface area contributed by atoms with Gasteiger partial charge in [-0.25, -0.2) is 4.98 Å². The zero-order valence-electron chi connectivity index (χ0n) is 19.0. The molecule has 1 aromatic heterocycles. The highest BCUT2D eigenvalue weighted by molar-refractivity contribution is 6.48. The van der Waals surface area contributed by atoms with Crippen molar-refractivity contribution in [3.63, 3.8) is 0 Å². The van der Waals surface area contributed by atoms with E-state index in [0.29, 0.717) is 5.82 Å². The Kier molecular flexibility index (Phi) is 6.29. The maximum atomic E-state index is 13.0. The summed E-state index contributed by atoms with van der Waals surface area (Å²) < 4.78 is 13.6. The first-order chi connectivity index (χ1) is 14.4. The van der Waals surface area contributed by atoms with Crippen LogP contribution in [0.1, 0.15) is 41.5 Å².